The molecule has 1 saturated carbocycles. The van der Waals surface area contributed by atoms with Crippen LogP contribution in [0, 0.1) is 5.92 Å². The predicted molar refractivity (Wildman–Crippen MR) is 62.9 cm³/mol. The van der Waals surface area contributed by atoms with Crippen molar-refractivity contribution in [3.63, 3.8) is 0 Å². The highest BCUT2D eigenvalue weighted by atomic mass is 16.4. The lowest BCUT2D eigenvalue weighted by atomic mass is 10.00. The van der Waals surface area contributed by atoms with E-state index in [2.05, 4.69) is 12.2 Å². The lowest BCUT2D eigenvalue weighted by molar-refractivity contribution is 0.241. The van der Waals surface area contributed by atoms with Crippen molar-refractivity contribution in [3.05, 3.63) is 23.7 Å². The summed E-state index contributed by atoms with van der Waals surface area (Å²) >= 11 is 0. The van der Waals surface area contributed by atoms with Gasteiger partial charge in [0.05, 0.1) is 6.54 Å². The summed E-state index contributed by atoms with van der Waals surface area (Å²) in [5.74, 6) is 2.38. The Morgan fingerprint density at radius 1 is 1.38 bits per heavy atom. The van der Waals surface area contributed by atoms with E-state index in [-0.39, 0.29) is 6.61 Å². The zero-order valence-electron chi connectivity index (χ0n) is 9.91. The second-order valence-electron chi connectivity index (χ2n) is 4.74. The molecule has 0 unspecified atom stereocenters. The fraction of sp³-hybridized carbons (Fsp3) is 0.692. The number of hydrogen-bond acceptors (Lipinski definition) is 3. The number of aliphatic hydroxyl groups excluding tert-OH is 1. The Morgan fingerprint density at radius 3 is 2.69 bits per heavy atom. The minimum Gasteiger partial charge on any atom is -0.462 e. The molecule has 1 aromatic heterocycles. The van der Waals surface area contributed by atoms with E-state index >= 15 is 0 Å². The van der Waals surface area contributed by atoms with E-state index in [1.807, 2.05) is 12.1 Å². The molecule has 1 heterocycles. The minimum absolute atomic E-state index is 0.0157. The van der Waals surface area contributed by atoms with E-state index in [0.29, 0.717) is 11.8 Å². The molecule has 0 radical (unpaired) electrons. The third kappa shape index (κ3) is 2.86. The molecular formula is C13H21NO2. The molecule has 0 bridgehead atoms. The van der Waals surface area contributed by atoms with E-state index in [1.54, 1.807) is 0 Å². The van der Waals surface area contributed by atoms with Crippen molar-refractivity contribution < 1.29 is 9.52 Å². The molecule has 0 spiro atoms. The molecular weight excluding hydrogens is 202 g/mol. The number of nitrogens with one attached hydrogen (secondary N) is 1. The third-order valence-corrected chi connectivity index (χ3v) is 3.58. The first kappa shape index (κ1) is 11.7. The van der Waals surface area contributed by atoms with Crippen molar-refractivity contribution in [2.45, 2.75) is 51.8 Å². The molecule has 1 aromatic rings. The standard InChI is InChI=1S/C13H21NO2/c1-10(11-4-2-3-5-11)14-8-12-6-7-13(9-15)16-12/h6-7,10-11,14-15H,2-5,8-9H2,1H3/t10-/m0/s1. The molecule has 3 nitrogen and oxygen atoms in total. The van der Waals surface area contributed by atoms with Gasteiger partial charge in [-0.3, -0.25) is 0 Å². The van der Waals surface area contributed by atoms with Gasteiger partial charge in [0.25, 0.3) is 0 Å². The van der Waals surface area contributed by atoms with Crippen LogP contribution < -0.4 is 5.32 Å². The van der Waals surface area contributed by atoms with Crippen LogP contribution in [0.2, 0.25) is 0 Å². The first-order valence-electron chi connectivity index (χ1n) is 6.21. The van der Waals surface area contributed by atoms with E-state index in [9.17, 15) is 0 Å². The van der Waals surface area contributed by atoms with Crippen LogP contribution in [0.15, 0.2) is 16.5 Å². The Labute approximate surface area is 96.8 Å². The second-order valence-corrected chi connectivity index (χ2v) is 4.74. The molecule has 1 atom stereocenters. The second kappa shape index (κ2) is 5.51. The molecule has 0 saturated heterocycles. The highest BCUT2D eigenvalue weighted by Crippen LogP contribution is 2.27. The lowest BCUT2D eigenvalue weighted by Crippen LogP contribution is -2.31. The molecule has 2 rings (SSSR count). The molecule has 90 valence electrons. The molecule has 0 amide bonds. The number of aliphatic hydroxyl groups is 1. The van der Waals surface area contributed by atoms with E-state index in [1.165, 1.54) is 25.7 Å². The number of hydrogen-bond donors (Lipinski definition) is 2. The van der Waals surface area contributed by atoms with Crippen LogP contribution in [0.3, 0.4) is 0 Å². The van der Waals surface area contributed by atoms with Crippen molar-refractivity contribution in [1.29, 1.82) is 0 Å². The topological polar surface area (TPSA) is 45.4 Å². The van der Waals surface area contributed by atoms with Gasteiger partial charge in [0.15, 0.2) is 0 Å². The fourth-order valence-electron chi connectivity index (χ4n) is 2.49. The maximum Gasteiger partial charge on any atom is 0.129 e. The Bertz CT molecular complexity index is 315. The highest BCUT2D eigenvalue weighted by molar-refractivity contribution is 5.06. The molecule has 1 aliphatic rings. The number of rotatable bonds is 5. The minimum atomic E-state index is -0.0157. The maximum atomic E-state index is 8.89. The lowest BCUT2D eigenvalue weighted by Gasteiger charge is -2.19. The van der Waals surface area contributed by atoms with E-state index in [0.717, 1.165) is 18.2 Å². The van der Waals surface area contributed by atoms with Crippen LogP contribution in [0.5, 0.6) is 0 Å². The van der Waals surface area contributed by atoms with Crippen LogP contribution in [-0.4, -0.2) is 11.1 Å². The van der Waals surface area contributed by atoms with Crippen molar-refractivity contribution >= 4 is 0 Å². The van der Waals surface area contributed by atoms with Crippen LogP contribution >= 0.6 is 0 Å². The summed E-state index contributed by atoms with van der Waals surface area (Å²) in [7, 11) is 0. The first-order chi connectivity index (χ1) is 7.79. The quantitative estimate of drug-likeness (QED) is 0.806. The Hall–Kier alpha value is -0.800. The van der Waals surface area contributed by atoms with Gasteiger partial charge in [0.1, 0.15) is 18.1 Å². The van der Waals surface area contributed by atoms with Crippen molar-refractivity contribution in [2.24, 2.45) is 5.92 Å². The summed E-state index contributed by atoms with van der Waals surface area (Å²) in [6, 6.07) is 4.32. The summed E-state index contributed by atoms with van der Waals surface area (Å²) < 4.78 is 5.43. The Morgan fingerprint density at radius 2 is 2.06 bits per heavy atom. The molecule has 0 aromatic carbocycles. The van der Waals surface area contributed by atoms with Gasteiger partial charge in [-0.1, -0.05) is 12.8 Å². The van der Waals surface area contributed by atoms with Gasteiger partial charge in [-0.05, 0) is 37.8 Å². The SMILES string of the molecule is C[C@H](NCc1ccc(CO)o1)C1CCCC1. The van der Waals surface area contributed by atoms with Crippen molar-refractivity contribution in [1.82, 2.24) is 5.32 Å². The normalized spacial score (nSPS) is 19.1. The third-order valence-electron chi connectivity index (χ3n) is 3.58. The fourth-order valence-corrected chi connectivity index (χ4v) is 2.49. The number of furan rings is 1. The van der Waals surface area contributed by atoms with Crippen molar-refractivity contribution in [3.8, 4) is 0 Å². The van der Waals surface area contributed by atoms with Crippen LogP contribution in [-0.2, 0) is 13.2 Å². The largest absolute Gasteiger partial charge is 0.462 e. The maximum absolute atomic E-state index is 8.89. The average Bonchev–Trinajstić information content (AvgIpc) is 2.96. The first-order valence-corrected chi connectivity index (χ1v) is 6.21. The van der Waals surface area contributed by atoms with Gasteiger partial charge in [0.2, 0.25) is 0 Å². The van der Waals surface area contributed by atoms with Gasteiger partial charge < -0.3 is 14.8 Å². The van der Waals surface area contributed by atoms with E-state index < -0.39 is 0 Å². The molecule has 1 aliphatic carbocycles. The summed E-state index contributed by atoms with van der Waals surface area (Å²) in [5.41, 5.74) is 0. The Balaban J connectivity index is 1.77. The highest BCUT2D eigenvalue weighted by Gasteiger charge is 2.21. The van der Waals surface area contributed by atoms with Crippen LogP contribution in [0.25, 0.3) is 0 Å². The van der Waals surface area contributed by atoms with Gasteiger partial charge in [0, 0.05) is 6.04 Å². The predicted octanol–water partition coefficient (Wildman–Crippen LogP) is 2.44. The zero-order valence-corrected chi connectivity index (χ0v) is 9.91. The molecule has 16 heavy (non-hydrogen) atoms. The van der Waals surface area contributed by atoms with Crippen molar-refractivity contribution in [2.75, 3.05) is 0 Å². The molecule has 2 N–H and O–H groups in total. The van der Waals surface area contributed by atoms with Gasteiger partial charge >= 0.3 is 0 Å². The van der Waals surface area contributed by atoms with Gasteiger partial charge in [-0.15, -0.1) is 0 Å². The summed E-state index contributed by atoms with van der Waals surface area (Å²) in [5, 5.41) is 12.4. The van der Waals surface area contributed by atoms with E-state index in [4.69, 9.17) is 9.52 Å². The average molecular weight is 223 g/mol. The molecule has 0 aliphatic heterocycles. The van der Waals surface area contributed by atoms with Gasteiger partial charge in [-0.2, -0.15) is 0 Å². The van der Waals surface area contributed by atoms with Crippen LogP contribution in [0.4, 0.5) is 0 Å². The summed E-state index contributed by atoms with van der Waals surface area (Å²) in [6.45, 7) is 3.00. The van der Waals surface area contributed by atoms with Crippen LogP contribution in [0.1, 0.15) is 44.1 Å². The zero-order chi connectivity index (χ0) is 11.4. The van der Waals surface area contributed by atoms with Gasteiger partial charge in [-0.25, -0.2) is 0 Å². The molecule has 1 fully saturated rings. The Kier molecular flexibility index (Phi) is 4.02. The summed E-state index contributed by atoms with van der Waals surface area (Å²) in [4.78, 5) is 0. The smallest absolute Gasteiger partial charge is 0.129 e. The molecule has 3 heteroatoms. The monoisotopic (exact) mass is 223 g/mol. The summed E-state index contributed by atoms with van der Waals surface area (Å²) in [6.07, 6.45) is 5.47.